The minimum atomic E-state index is -0.369. The number of aryl methyl sites for hydroxylation is 1. The number of carbonyl (C=O) groups is 2. The van der Waals surface area contributed by atoms with Crippen LogP contribution in [-0.4, -0.2) is 35.5 Å². The first kappa shape index (κ1) is 21.6. The third-order valence-electron chi connectivity index (χ3n) is 4.13. The van der Waals surface area contributed by atoms with E-state index in [0.29, 0.717) is 18.3 Å². The van der Waals surface area contributed by atoms with E-state index in [9.17, 15) is 9.59 Å². The van der Waals surface area contributed by atoms with Crippen LogP contribution in [0.2, 0.25) is 0 Å². The average molecular weight is 399 g/mol. The molecule has 0 atom stereocenters. The smallest absolute Gasteiger partial charge is 0.306 e. The van der Waals surface area contributed by atoms with Gasteiger partial charge in [-0.05, 0) is 36.2 Å². The number of benzene rings is 2. The molecule has 148 valence electrons. The molecule has 0 unspecified atom stereocenters. The molecule has 2 rings (SSSR count). The molecule has 0 saturated carbocycles. The Balaban J connectivity index is 1.59. The van der Waals surface area contributed by atoms with Gasteiger partial charge in [0.15, 0.2) is 5.11 Å². The van der Waals surface area contributed by atoms with Crippen molar-refractivity contribution >= 4 is 29.2 Å². The van der Waals surface area contributed by atoms with E-state index in [1.54, 1.807) is 4.90 Å². The fourth-order valence-electron chi connectivity index (χ4n) is 2.60. The summed E-state index contributed by atoms with van der Waals surface area (Å²) < 4.78 is 5.18. The molecule has 5 nitrogen and oxygen atoms in total. The molecule has 0 spiro atoms. The van der Waals surface area contributed by atoms with E-state index in [-0.39, 0.29) is 24.7 Å². The summed E-state index contributed by atoms with van der Waals surface area (Å²) in [6, 6.07) is 19.9. The number of hydrogen-bond donors (Lipinski definition) is 1. The second kappa shape index (κ2) is 11.9. The molecule has 0 bridgehead atoms. The van der Waals surface area contributed by atoms with Crippen LogP contribution < -0.4 is 5.32 Å². The van der Waals surface area contributed by atoms with Crippen molar-refractivity contribution in [2.75, 3.05) is 13.7 Å². The summed E-state index contributed by atoms with van der Waals surface area (Å²) in [4.78, 5) is 25.6. The predicted molar refractivity (Wildman–Crippen MR) is 114 cm³/mol. The first-order valence-corrected chi connectivity index (χ1v) is 9.74. The van der Waals surface area contributed by atoms with E-state index >= 15 is 0 Å². The lowest BCUT2D eigenvalue weighted by atomic mass is 10.1. The molecule has 1 amide bonds. The van der Waals surface area contributed by atoms with Crippen molar-refractivity contribution in [3.05, 3.63) is 71.8 Å². The maximum Gasteiger partial charge on any atom is 0.306 e. The zero-order valence-electron chi connectivity index (χ0n) is 16.1. The topological polar surface area (TPSA) is 58.6 Å². The third kappa shape index (κ3) is 8.31. The standard InChI is InChI=1S/C22H26N2O3S/c1-24(17-19-11-6-3-7-12-19)22(28)23-20(25)14-15-21(26)27-16-8-13-18-9-4-2-5-10-18/h2-7,9-12H,8,13-17H2,1H3,(H,23,25,28). The van der Waals surface area contributed by atoms with Crippen molar-refractivity contribution in [3.63, 3.8) is 0 Å². The predicted octanol–water partition coefficient (Wildman–Crippen LogP) is 3.48. The molecule has 6 heteroatoms. The maximum absolute atomic E-state index is 12.0. The monoisotopic (exact) mass is 398 g/mol. The van der Waals surface area contributed by atoms with Crippen LogP contribution >= 0.6 is 12.2 Å². The normalized spacial score (nSPS) is 10.2. The molecular weight excluding hydrogens is 372 g/mol. The first-order valence-electron chi connectivity index (χ1n) is 9.33. The van der Waals surface area contributed by atoms with Gasteiger partial charge in [-0.15, -0.1) is 0 Å². The van der Waals surface area contributed by atoms with E-state index in [1.165, 1.54) is 5.56 Å². The van der Waals surface area contributed by atoms with Crippen LogP contribution in [0, 0.1) is 0 Å². The van der Waals surface area contributed by atoms with Crippen molar-refractivity contribution in [2.45, 2.75) is 32.2 Å². The molecular formula is C22H26N2O3S. The number of thiocarbonyl (C=S) groups is 1. The highest BCUT2D eigenvalue weighted by Gasteiger charge is 2.12. The van der Waals surface area contributed by atoms with Crippen molar-refractivity contribution in [1.82, 2.24) is 10.2 Å². The molecule has 1 N–H and O–H groups in total. The second-order valence-corrected chi connectivity index (χ2v) is 6.89. The van der Waals surface area contributed by atoms with Crippen LogP contribution in [0.15, 0.2) is 60.7 Å². The van der Waals surface area contributed by atoms with Gasteiger partial charge in [0, 0.05) is 20.0 Å². The highest BCUT2D eigenvalue weighted by atomic mass is 32.1. The molecule has 28 heavy (non-hydrogen) atoms. The lowest BCUT2D eigenvalue weighted by Crippen LogP contribution is -2.40. The van der Waals surface area contributed by atoms with Gasteiger partial charge < -0.3 is 15.0 Å². The van der Waals surface area contributed by atoms with Crippen molar-refractivity contribution < 1.29 is 14.3 Å². The second-order valence-electron chi connectivity index (χ2n) is 6.50. The molecule has 0 heterocycles. The Hall–Kier alpha value is -2.73. The van der Waals surface area contributed by atoms with E-state index in [2.05, 4.69) is 5.32 Å². The van der Waals surface area contributed by atoms with Crippen LogP contribution in [-0.2, 0) is 27.3 Å². The van der Waals surface area contributed by atoms with Gasteiger partial charge in [0.05, 0.1) is 13.0 Å². The first-order chi connectivity index (χ1) is 13.5. The summed E-state index contributed by atoms with van der Waals surface area (Å²) in [5, 5.41) is 2.99. The van der Waals surface area contributed by atoms with Gasteiger partial charge in [0.2, 0.25) is 5.91 Å². The lowest BCUT2D eigenvalue weighted by Gasteiger charge is -2.20. The molecule has 2 aromatic carbocycles. The number of amides is 1. The van der Waals surface area contributed by atoms with Gasteiger partial charge in [-0.25, -0.2) is 0 Å². The van der Waals surface area contributed by atoms with Gasteiger partial charge in [-0.2, -0.15) is 0 Å². The Morgan fingerprint density at radius 1 is 0.964 bits per heavy atom. The highest BCUT2D eigenvalue weighted by molar-refractivity contribution is 7.80. The molecule has 0 aromatic heterocycles. The Morgan fingerprint density at radius 2 is 1.57 bits per heavy atom. The number of hydrogen-bond acceptors (Lipinski definition) is 4. The lowest BCUT2D eigenvalue weighted by molar-refractivity contribution is -0.145. The van der Waals surface area contributed by atoms with Crippen molar-refractivity contribution in [3.8, 4) is 0 Å². The van der Waals surface area contributed by atoms with Crippen LogP contribution in [0.4, 0.5) is 0 Å². The van der Waals surface area contributed by atoms with Gasteiger partial charge in [-0.1, -0.05) is 60.7 Å². The van der Waals surface area contributed by atoms with Crippen LogP contribution in [0.1, 0.15) is 30.4 Å². The number of rotatable bonds is 9. The zero-order valence-corrected chi connectivity index (χ0v) is 16.9. The largest absolute Gasteiger partial charge is 0.466 e. The third-order valence-corrected chi connectivity index (χ3v) is 4.54. The fraction of sp³-hybridized carbons (Fsp3) is 0.318. The summed E-state index contributed by atoms with van der Waals surface area (Å²) in [7, 11) is 1.82. The van der Waals surface area contributed by atoms with E-state index in [0.717, 1.165) is 18.4 Å². The van der Waals surface area contributed by atoms with E-state index < -0.39 is 0 Å². The molecule has 0 aliphatic heterocycles. The van der Waals surface area contributed by atoms with Gasteiger partial charge >= 0.3 is 5.97 Å². The molecule has 0 radical (unpaired) electrons. The Labute approximate surface area is 171 Å². The van der Waals surface area contributed by atoms with Crippen molar-refractivity contribution in [1.29, 1.82) is 0 Å². The van der Waals surface area contributed by atoms with Gasteiger partial charge in [0.25, 0.3) is 0 Å². The summed E-state index contributed by atoms with van der Waals surface area (Å²) in [6.07, 6.45) is 1.71. The quantitative estimate of drug-likeness (QED) is 0.398. The summed E-state index contributed by atoms with van der Waals surface area (Å²) in [5.41, 5.74) is 2.31. The van der Waals surface area contributed by atoms with Crippen molar-refractivity contribution in [2.24, 2.45) is 0 Å². The summed E-state index contributed by atoms with van der Waals surface area (Å²) >= 11 is 5.24. The number of ether oxygens (including phenoxy) is 1. The maximum atomic E-state index is 12.0. The van der Waals surface area contributed by atoms with E-state index in [4.69, 9.17) is 17.0 Å². The SMILES string of the molecule is CN(Cc1ccccc1)C(=S)NC(=O)CCC(=O)OCCCc1ccccc1. The number of nitrogens with zero attached hydrogens (tertiary/aromatic N) is 1. The molecule has 0 aliphatic rings. The fourth-order valence-corrected chi connectivity index (χ4v) is 2.78. The molecule has 0 aliphatic carbocycles. The van der Waals surface area contributed by atoms with E-state index in [1.807, 2.05) is 67.7 Å². The summed E-state index contributed by atoms with van der Waals surface area (Å²) in [6.45, 7) is 0.955. The summed E-state index contributed by atoms with van der Waals surface area (Å²) in [5.74, 6) is -0.655. The van der Waals surface area contributed by atoms with Crippen LogP contribution in [0.25, 0.3) is 0 Å². The minimum Gasteiger partial charge on any atom is -0.466 e. The number of esters is 1. The zero-order chi connectivity index (χ0) is 20.2. The molecule has 0 fully saturated rings. The number of carbonyl (C=O) groups excluding carboxylic acids is 2. The van der Waals surface area contributed by atoms with Gasteiger partial charge in [-0.3, -0.25) is 9.59 Å². The average Bonchev–Trinajstić information content (AvgIpc) is 2.71. The van der Waals surface area contributed by atoms with Crippen LogP contribution in [0.5, 0.6) is 0 Å². The Bertz CT molecular complexity index is 766. The Kier molecular flexibility index (Phi) is 9.15. The van der Waals surface area contributed by atoms with Gasteiger partial charge in [0.1, 0.15) is 0 Å². The number of nitrogens with one attached hydrogen (secondary N) is 1. The molecule has 0 saturated heterocycles. The minimum absolute atomic E-state index is 0.0438. The highest BCUT2D eigenvalue weighted by Crippen LogP contribution is 2.04. The molecule has 2 aromatic rings. The van der Waals surface area contributed by atoms with Crippen LogP contribution in [0.3, 0.4) is 0 Å². The Morgan fingerprint density at radius 3 is 2.21 bits per heavy atom.